The first-order valence-corrected chi connectivity index (χ1v) is 4.63. The molecule has 0 aromatic heterocycles. The van der Waals surface area contributed by atoms with Gasteiger partial charge in [0, 0.05) is 5.56 Å². The molecule has 76 valence electrons. The molecule has 0 saturated heterocycles. The molecule has 0 radical (unpaired) electrons. The summed E-state index contributed by atoms with van der Waals surface area (Å²) < 4.78 is 5.33. The van der Waals surface area contributed by atoms with Crippen LogP contribution in [0.4, 0.5) is 0 Å². The summed E-state index contributed by atoms with van der Waals surface area (Å²) in [5.74, 6) is 0.864. The maximum Gasteiger partial charge on any atom is 0.126 e. The Balaban J connectivity index is 3.31. The van der Waals surface area contributed by atoms with E-state index in [-0.39, 0.29) is 6.04 Å². The second kappa shape index (κ2) is 4.29. The van der Waals surface area contributed by atoms with Crippen LogP contribution >= 0.6 is 0 Å². The van der Waals surface area contributed by atoms with Crippen LogP contribution in [0.25, 0.3) is 0 Å². The number of nitrogens with two attached hydrogens (primary N) is 1. The van der Waals surface area contributed by atoms with Gasteiger partial charge in [0.25, 0.3) is 0 Å². The molecule has 0 bridgehead atoms. The fourth-order valence-corrected chi connectivity index (χ4v) is 1.64. The first-order chi connectivity index (χ1) is 6.60. The van der Waals surface area contributed by atoms with Crippen LogP contribution in [0.3, 0.4) is 0 Å². The molecule has 0 heterocycles. The number of hydrogen-bond acceptors (Lipinski definition) is 2. The normalized spacial score (nSPS) is 12.3. The van der Waals surface area contributed by atoms with E-state index in [0.717, 1.165) is 16.9 Å². The topological polar surface area (TPSA) is 35.2 Å². The molecule has 0 spiro atoms. The lowest BCUT2D eigenvalue weighted by Crippen LogP contribution is -2.09. The van der Waals surface area contributed by atoms with E-state index in [2.05, 4.69) is 12.6 Å². The average Bonchev–Trinajstić information content (AvgIpc) is 2.15. The van der Waals surface area contributed by atoms with E-state index in [9.17, 15) is 0 Å². The van der Waals surface area contributed by atoms with Crippen LogP contribution in [0, 0.1) is 13.8 Å². The van der Waals surface area contributed by atoms with Crippen molar-refractivity contribution in [1.29, 1.82) is 0 Å². The van der Waals surface area contributed by atoms with Crippen molar-refractivity contribution < 1.29 is 4.74 Å². The standard InChI is InChI=1S/C12H17NO/c1-5-11(13)10-7-8(2)6-9(3)12(10)14-4/h5-7,11H,1,13H2,2-4H3. The Hall–Kier alpha value is -1.28. The summed E-state index contributed by atoms with van der Waals surface area (Å²) in [6.45, 7) is 7.76. The Morgan fingerprint density at radius 3 is 2.57 bits per heavy atom. The molecule has 1 atom stereocenters. The van der Waals surface area contributed by atoms with Gasteiger partial charge < -0.3 is 10.5 Å². The van der Waals surface area contributed by atoms with Gasteiger partial charge in [-0.1, -0.05) is 23.8 Å². The van der Waals surface area contributed by atoms with Gasteiger partial charge >= 0.3 is 0 Å². The van der Waals surface area contributed by atoms with Crippen molar-refractivity contribution in [2.45, 2.75) is 19.9 Å². The van der Waals surface area contributed by atoms with Gasteiger partial charge in [-0.05, 0) is 19.4 Å². The monoisotopic (exact) mass is 191 g/mol. The molecule has 14 heavy (non-hydrogen) atoms. The molecule has 0 aliphatic rings. The average molecular weight is 191 g/mol. The molecule has 2 N–H and O–H groups in total. The van der Waals surface area contributed by atoms with Gasteiger partial charge in [-0.25, -0.2) is 0 Å². The molecule has 0 fully saturated rings. The predicted octanol–water partition coefficient (Wildman–Crippen LogP) is 2.50. The summed E-state index contributed by atoms with van der Waals surface area (Å²) in [6.07, 6.45) is 1.72. The van der Waals surface area contributed by atoms with Crippen LogP contribution in [0.5, 0.6) is 5.75 Å². The Kier molecular flexibility index (Phi) is 3.31. The smallest absolute Gasteiger partial charge is 0.126 e. The maximum absolute atomic E-state index is 5.91. The summed E-state index contributed by atoms with van der Waals surface area (Å²) in [6, 6.07) is 3.96. The lowest BCUT2D eigenvalue weighted by molar-refractivity contribution is 0.405. The number of rotatable bonds is 3. The van der Waals surface area contributed by atoms with Gasteiger partial charge in [0.15, 0.2) is 0 Å². The number of hydrogen-bond donors (Lipinski definition) is 1. The van der Waals surface area contributed by atoms with Crippen molar-refractivity contribution in [3.63, 3.8) is 0 Å². The van der Waals surface area contributed by atoms with Crippen molar-refractivity contribution >= 4 is 0 Å². The fraction of sp³-hybridized carbons (Fsp3) is 0.333. The van der Waals surface area contributed by atoms with Crippen LogP contribution in [0.1, 0.15) is 22.7 Å². The predicted molar refractivity (Wildman–Crippen MR) is 59.6 cm³/mol. The molecule has 1 aromatic rings. The van der Waals surface area contributed by atoms with Crippen molar-refractivity contribution in [2.75, 3.05) is 7.11 Å². The highest BCUT2D eigenvalue weighted by Crippen LogP contribution is 2.29. The third-order valence-electron chi connectivity index (χ3n) is 2.26. The molecule has 1 unspecified atom stereocenters. The summed E-state index contributed by atoms with van der Waals surface area (Å²) in [4.78, 5) is 0. The Morgan fingerprint density at radius 2 is 2.07 bits per heavy atom. The van der Waals surface area contributed by atoms with E-state index in [1.54, 1.807) is 13.2 Å². The van der Waals surface area contributed by atoms with E-state index in [1.165, 1.54) is 5.56 Å². The highest BCUT2D eigenvalue weighted by molar-refractivity contribution is 5.46. The van der Waals surface area contributed by atoms with Crippen LogP contribution in [0.15, 0.2) is 24.8 Å². The van der Waals surface area contributed by atoms with E-state index in [1.807, 2.05) is 19.9 Å². The molecule has 2 heteroatoms. The van der Waals surface area contributed by atoms with Gasteiger partial charge in [-0.2, -0.15) is 0 Å². The minimum atomic E-state index is -0.163. The SMILES string of the molecule is C=CC(N)c1cc(C)cc(C)c1OC. The summed E-state index contributed by atoms with van der Waals surface area (Å²) >= 11 is 0. The van der Waals surface area contributed by atoms with Crippen LogP contribution in [0.2, 0.25) is 0 Å². The molecule has 0 aliphatic heterocycles. The van der Waals surface area contributed by atoms with E-state index in [0.29, 0.717) is 0 Å². The van der Waals surface area contributed by atoms with Crippen LogP contribution in [-0.4, -0.2) is 7.11 Å². The van der Waals surface area contributed by atoms with Crippen LogP contribution < -0.4 is 10.5 Å². The summed E-state index contributed by atoms with van der Waals surface area (Å²) in [5.41, 5.74) is 9.21. The van der Waals surface area contributed by atoms with Crippen molar-refractivity contribution in [3.05, 3.63) is 41.5 Å². The van der Waals surface area contributed by atoms with E-state index < -0.39 is 0 Å². The van der Waals surface area contributed by atoms with Gasteiger partial charge in [-0.15, -0.1) is 6.58 Å². The zero-order valence-corrected chi connectivity index (χ0v) is 9.00. The van der Waals surface area contributed by atoms with Crippen molar-refractivity contribution in [3.8, 4) is 5.75 Å². The Morgan fingerprint density at radius 1 is 1.43 bits per heavy atom. The largest absolute Gasteiger partial charge is 0.496 e. The molecule has 2 nitrogen and oxygen atoms in total. The Bertz CT molecular complexity index is 344. The first kappa shape index (κ1) is 10.8. The van der Waals surface area contributed by atoms with E-state index in [4.69, 9.17) is 10.5 Å². The van der Waals surface area contributed by atoms with Crippen molar-refractivity contribution in [2.24, 2.45) is 5.73 Å². The lowest BCUT2D eigenvalue weighted by Gasteiger charge is -2.15. The number of methoxy groups -OCH3 is 1. The number of ether oxygens (including phenoxy) is 1. The second-order valence-electron chi connectivity index (χ2n) is 3.47. The maximum atomic E-state index is 5.91. The first-order valence-electron chi connectivity index (χ1n) is 4.63. The highest BCUT2D eigenvalue weighted by Gasteiger charge is 2.11. The molecule has 0 saturated carbocycles. The molecular formula is C12H17NO. The van der Waals surface area contributed by atoms with Crippen molar-refractivity contribution in [1.82, 2.24) is 0 Å². The second-order valence-corrected chi connectivity index (χ2v) is 3.47. The molecule has 1 rings (SSSR count). The third-order valence-corrected chi connectivity index (χ3v) is 2.26. The number of benzene rings is 1. The zero-order chi connectivity index (χ0) is 10.7. The zero-order valence-electron chi connectivity index (χ0n) is 9.00. The third kappa shape index (κ3) is 1.96. The highest BCUT2D eigenvalue weighted by atomic mass is 16.5. The lowest BCUT2D eigenvalue weighted by atomic mass is 10.0. The van der Waals surface area contributed by atoms with Gasteiger partial charge in [0.05, 0.1) is 13.2 Å². The van der Waals surface area contributed by atoms with Gasteiger partial charge in [0.1, 0.15) is 5.75 Å². The summed E-state index contributed by atoms with van der Waals surface area (Å²) in [5, 5.41) is 0. The fourth-order valence-electron chi connectivity index (χ4n) is 1.64. The number of aryl methyl sites for hydroxylation is 2. The molecule has 1 aromatic carbocycles. The van der Waals surface area contributed by atoms with Crippen LogP contribution in [-0.2, 0) is 0 Å². The molecular weight excluding hydrogens is 174 g/mol. The Labute approximate surface area is 85.4 Å². The van der Waals surface area contributed by atoms with Gasteiger partial charge in [0.2, 0.25) is 0 Å². The minimum Gasteiger partial charge on any atom is -0.496 e. The van der Waals surface area contributed by atoms with Gasteiger partial charge in [-0.3, -0.25) is 0 Å². The quantitative estimate of drug-likeness (QED) is 0.745. The molecule has 0 aliphatic carbocycles. The molecule has 0 amide bonds. The summed E-state index contributed by atoms with van der Waals surface area (Å²) in [7, 11) is 1.66. The van der Waals surface area contributed by atoms with E-state index >= 15 is 0 Å². The minimum absolute atomic E-state index is 0.163.